The van der Waals surface area contributed by atoms with Gasteiger partial charge in [0, 0.05) is 4.47 Å². The first-order chi connectivity index (χ1) is 6.59. The van der Waals surface area contributed by atoms with Gasteiger partial charge in [-0.15, -0.1) is 0 Å². The molecule has 0 fully saturated rings. The molecular weight excluding hydrogens is 250 g/mol. The summed E-state index contributed by atoms with van der Waals surface area (Å²) in [7, 11) is 0. The van der Waals surface area contributed by atoms with E-state index in [4.69, 9.17) is 0 Å². The summed E-state index contributed by atoms with van der Waals surface area (Å²) in [5.74, 6) is -0.742. The summed E-state index contributed by atoms with van der Waals surface area (Å²) >= 11 is 3.30. The molecule has 1 aromatic heterocycles. The molecule has 0 saturated heterocycles. The molecule has 1 N–H and O–H groups in total. The van der Waals surface area contributed by atoms with Gasteiger partial charge in [-0.2, -0.15) is 0 Å². The fraction of sp³-hybridized carbons (Fsp3) is 0.111. The normalized spacial score (nSPS) is 10.7. The van der Waals surface area contributed by atoms with Crippen molar-refractivity contribution < 1.29 is 4.42 Å². The molecule has 0 unspecified atom stereocenters. The van der Waals surface area contributed by atoms with Crippen molar-refractivity contribution in [2.45, 2.75) is 6.92 Å². The Hall–Kier alpha value is -1.36. The monoisotopic (exact) mass is 255 g/mol. The summed E-state index contributed by atoms with van der Waals surface area (Å²) in [5.41, 5.74) is 0.800. The predicted molar refractivity (Wildman–Crippen MR) is 55.5 cm³/mol. The minimum absolute atomic E-state index is 0.363. The number of benzene rings is 1. The molecule has 72 valence electrons. The van der Waals surface area contributed by atoms with E-state index < -0.39 is 11.4 Å². The Bertz CT molecular complexity index is 611. The number of rotatable bonds is 0. The number of hydrogen-bond acceptors (Lipinski definition) is 3. The third-order valence-electron chi connectivity index (χ3n) is 1.97. The zero-order valence-corrected chi connectivity index (χ0v) is 8.84. The zero-order valence-electron chi connectivity index (χ0n) is 7.26. The Morgan fingerprint density at radius 3 is 2.79 bits per heavy atom. The number of fused-ring (bicyclic) bond motifs is 1. The first-order valence-corrected chi connectivity index (χ1v) is 4.71. The topological polar surface area (TPSA) is 63.1 Å². The second-order valence-electron chi connectivity index (χ2n) is 2.92. The van der Waals surface area contributed by atoms with Crippen LogP contribution in [0.5, 0.6) is 0 Å². The molecule has 1 heterocycles. The van der Waals surface area contributed by atoms with Crippen molar-refractivity contribution in [1.29, 1.82) is 0 Å². The largest absolute Gasteiger partial charge is 0.419 e. The van der Waals surface area contributed by atoms with E-state index in [2.05, 4.69) is 25.3 Å². The van der Waals surface area contributed by atoms with E-state index in [9.17, 15) is 9.59 Å². The first kappa shape index (κ1) is 9.21. The van der Waals surface area contributed by atoms with Gasteiger partial charge in [0.25, 0.3) is 0 Å². The maximum atomic E-state index is 11.3. The molecule has 0 bridgehead atoms. The molecule has 0 aliphatic rings. The maximum absolute atomic E-state index is 11.3. The van der Waals surface area contributed by atoms with Crippen molar-refractivity contribution >= 4 is 26.8 Å². The minimum atomic E-state index is -0.742. The molecular formula is C9H6BrNO3. The highest BCUT2D eigenvalue weighted by Gasteiger charge is 2.07. The Morgan fingerprint density at radius 2 is 2.07 bits per heavy atom. The fourth-order valence-electron chi connectivity index (χ4n) is 1.24. The molecule has 0 aliphatic heterocycles. The van der Waals surface area contributed by atoms with Crippen LogP contribution in [0.25, 0.3) is 10.9 Å². The summed E-state index contributed by atoms with van der Waals surface area (Å²) in [4.78, 5) is 24.7. The van der Waals surface area contributed by atoms with Crippen LogP contribution in [0.15, 0.2) is 30.6 Å². The summed E-state index contributed by atoms with van der Waals surface area (Å²) in [6.07, 6.45) is 0. The Morgan fingerprint density at radius 1 is 1.36 bits per heavy atom. The van der Waals surface area contributed by atoms with Crippen molar-refractivity contribution in [3.8, 4) is 0 Å². The van der Waals surface area contributed by atoms with Crippen LogP contribution in [0.2, 0.25) is 0 Å². The van der Waals surface area contributed by atoms with Crippen LogP contribution in [-0.4, -0.2) is 4.98 Å². The zero-order chi connectivity index (χ0) is 10.3. The van der Waals surface area contributed by atoms with E-state index in [0.717, 1.165) is 5.56 Å². The highest BCUT2D eigenvalue weighted by Crippen LogP contribution is 2.22. The smallest absolute Gasteiger partial charge is 0.372 e. The van der Waals surface area contributed by atoms with Crippen LogP contribution >= 0.6 is 15.9 Å². The number of aryl methyl sites for hydroxylation is 1. The third kappa shape index (κ3) is 1.29. The maximum Gasteiger partial charge on any atom is 0.419 e. The summed E-state index contributed by atoms with van der Waals surface area (Å²) in [6, 6.07) is 3.40. The number of hydrogen-bond donors (Lipinski definition) is 1. The highest BCUT2D eigenvalue weighted by molar-refractivity contribution is 9.10. The lowest BCUT2D eigenvalue weighted by molar-refractivity contribution is 0.460. The molecule has 0 amide bonds. The second kappa shape index (κ2) is 3.09. The second-order valence-corrected chi connectivity index (χ2v) is 3.71. The summed E-state index contributed by atoms with van der Waals surface area (Å²) in [5, 5.41) is 0.363. The lowest BCUT2D eigenvalue weighted by Crippen LogP contribution is -2.14. The van der Waals surface area contributed by atoms with Gasteiger partial charge < -0.3 is 4.42 Å². The lowest BCUT2D eigenvalue weighted by Gasteiger charge is -2.00. The van der Waals surface area contributed by atoms with Crippen LogP contribution < -0.4 is 11.4 Å². The van der Waals surface area contributed by atoms with E-state index >= 15 is 0 Å². The van der Waals surface area contributed by atoms with E-state index in [-0.39, 0.29) is 0 Å². The van der Waals surface area contributed by atoms with Gasteiger partial charge in [0.05, 0.1) is 10.9 Å². The van der Waals surface area contributed by atoms with Gasteiger partial charge in [-0.1, -0.05) is 6.07 Å². The number of H-pyrrole nitrogens is 1. The predicted octanol–water partition coefficient (Wildman–Crippen LogP) is 1.55. The van der Waals surface area contributed by atoms with E-state index in [0.29, 0.717) is 15.4 Å². The van der Waals surface area contributed by atoms with Gasteiger partial charge in [0.1, 0.15) is 0 Å². The molecule has 5 heteroatoms. The number of aromatic nitrogens is 1. The van der Waals surface area contributed by atoms with Crippen LogP contribution in [0.3, 0.4) is 0 Å². The van der Waals surface area contributed by atoms with Crippen molar-refractivity contribution in [2.24, 2.45) is 0 Å². The van der Waals surface area contributed by atoms with Gasteiger partial charge in [0.2, 0.25) is 0 Å². The molecule has 0 aliphatic carbocycles. The van der Waals surface area contributed by atoms with E-state index in [1.165, 1.54) is 0 Å². The molecule has 4 nitrogen and oxygen atoms in total. The summed E-state index contributed by atoms with van der Waals surface area (Å²) in [6.45, 7) is 1.87. The first-order valence-electron chi connectivity index (χ1n) is 3.92. The molecule has 0 saturated carbocycles. The van der Waals surface area contributed by atoms with Crippen molar-refractivity contribution in [3.05, 3.63) is 43.1 Å². The minimum Gasteiger partial charge on any atom is -0.372 e. The number of nitrogens with one attached hydrogen (secondary N) is 1. The number of halogens is 1. The van der Waals surface area contributed by atoms with Crippen molar-refractivity contribution in [2.75, 3.05) is 0 Å². The van der Waals surface area contributed by atoms with Crippen LogP contribution in [0.4, 0.5) is 0 Å². The van der Waals surface area contributed by atoms with Gasteiger partial charge in [0.15, 0.2) is 0 Å². The number of aromatic amines is 1. The van der Waals surface area contributed by atoms with E-state index in [1.54, 1.807) is 12.1 Å². The fourth-order valence-corrected chi connectivity index (χ4v) is 1.68. The quantitative estimate of drug-likeness (QED) is 0.777. The Labute approximate surface area is 86.7 Å². The molecule has 0 radical (unpaired) electrons. The van der Waals surface area contributed by atoms with Gasteiger partial charge in [-0.3, -0.25) is 4.98 Å². The SMILES string of the molecule is Cc1ccc2c(=O)oc(=O)[nH]c2c1Br. The highest BCUT2D eigenvalue weighted by atomic mass is 79.9. The molecule has 2 aromatic rings. The van der Waals surface area contributed by atoms with Crippen molar-refractivity contribution in [3.63, 3.8) is 0 Å². The standard InChI is InChI=1S/C9H6BrNO3/c1-4-2-3-5-7(6(4)10)11-9(13)14-8(5)12/h2-3H,1H3,(H,11,13). The van der Waals surface area contributed by atoms with Crippen LogP contribution in [0.1, 0.15) is 5.56 Å². The molecule has 14 heavy (non-hydrogen) atoms. The van der Waals surface area contributed by atoms with Crippen LogP contribution in [0, 0.1) is 6.92 Å². The van der Waals surface area contributed by atoms with E-state index in [1.807, 2.05) is 6.92 Å². The molecule has 0 atom stereocenters. The molecule has 0 spiro atoms. The Kier molecular flexibility index (Phi) is 2.03. The van der Waals surface area contributed by atoms with Gasteiger partial charge in [-0.05, 0) is 34.5 Å². The van der Waals surface area contributed by atoms with Gasteiger partial charge in [-0.25, -0.2) is 9.59 Å². The average Bonchev–Trinajstić information content (AvgIpc) is 2.12. The lowest BCUT2D eigenvalue weighted by atomic mass is 10.2. The van der Waals surface area contributed by atoms with Crippen LogP contribution in [-0.2, 0) is 0 Å². The molecule has 1 aromatic carbocycles. The van der Waals surface area contributed by atoms with Crippen molar-refractivity contribution in [1.82, 2.24) is 4.98 Å². The summed E-state index contributed by atoms with van der Waals surface area (Å²) < 4.78 is 5.11. The average molecular weight is 256 g/mol. The molecule has 2 rings (SSSR count). The van der Waals surface area contributed by atoms with Gasteiger partial charge >= 0.3 is 11.4 Å². The Balaban J connectivity index is 3.10. The third-order valence-corrected chi connectivity index (χ3v) is 2.99.